The number of hydrogen-bond donors (Lipinski definition) is 4. The molecule has 5 aliphatic heterocycles. The topological polar surface area (TPSA) is 219 Å². The lowest BCUT2D eigenvalue weighted by Crippen LogP contribution is -2.59. The van der Waals surface area contributed by atoms with Crippen molar-refractivity contribution in [1.29, 1.82) is 0 Å². The average Bonchev–Trinajstić information content (AvgIpc) is 3.97. The van der Waals surface area contributed by atoms with E-state index in [1.165, 1.54) is 9.80 Å². The number of rotatable bonds is 7. The summed E-state index contributed by atoms with van der Waals surface area (Å²) in [5.74, 6) is -2.06. The van der Waals surface area contributed by atoms with Gasteiger partial charge in [0.2, 0.25) is 12.2 Å². The lowest BCUT2D eigenvalue weighted by molar-refractivity contribution is -0.169. The number of esters is 2. The summed E-state index contributed by atoms with van der Waals surface area (Å²) in [6.45, 7) is 11.5. The van der Waals surface area contributed by atoms with Crippen LogP contribution in [0.25, 0.3) is 0 Å². The number of nitrogens with zero attached hydrogens (tertiary/aromatic N) is 2. The quantitative estimate of drug-likeness (QED) is 0.128. The van der Waals surface area contributed by atoms with E-state index in [0.717, 1.165) is 16.7 Å². The first-order valence-corrected chi connectivity index (χ1v) is 21.5. The number of ether oxygens (including phenoxy) is 4. The Morgan fingerprint density at radius 3 is 1.10 bits per heavy atom. The molecular formula is C48H69N5O12S4. The molecule has 5 aliphatic rings. The third-order valence-electron chi connectivity index (χ3n) is 10.9. The van der Waals surface area contributed by atoms with Gasteiger partial charge in [0.1, 0.15) is 35.4 Å². The predicted octanol–water partition coefficient (Wildman–Crippen LogP) is 5.64. The molecule has 0 saturated carbocycles. The molecule has 69 heavy (non-hydrogen) atoms. The number of aliphatic hydroxyl groups is 1. The minimum atomic E-state index is -0.869. The second-order valence-corrected chi connectivity index (χ2v) is 18.0. The number of benzene rings is 3. The zero-order chi connectivity index (χ0) is 46.3. The minimum Gasteiger partial charge on any atom is -0.448 e. The van der Waals surface area contributed by atoms with Crippen molar-refractivity contribution in [1.82, 2.24) is 25.8 Å². The molecule has 5 fully saturated rings. The van der Waals surface area contributed by atoms with Gasteiger partial charge in [0.05, 0.1) is 6.04 Å². The SMILES string of the molecule is C.CC(C)(C)OC(=O)N1CCC[C@H]1C(=O)O[C@@H]1C(=O)N[C@H]1c1ccccc1.CC(C)(C)OC(=O)N1CCC[C@H]1C(=O)O[C@H]1C(=O)N[C@H]1c1ccccc1.O=C1N[C@@H](c2ccccc2)[C@H]1O.S.S.S.S. The van der Waals surface area contributed by atoms with Gasteiger partial charge in [0.25, 0.3) is 17.7 Å². The Hall–Kier alpha value is -5.09. The summed E-state index contributed by atoms with van der Waals surface area (Å²) in [7, 11) is 0. The van der Waals surface area contributed by atoms with Crippen LogP contribution in [0, 0.1) is 0 Å². The molecule has 0 aliphatic carbocycles. The number of β-lactam (4-membered cyclic amide) rings is 3. The molecule has 0 aromatic heterocycles. The zero-order valence-electron chi connectivity index (χ0n) is 38.9. The summed E-state index contributed by atoms with van der Waals surface area (Å²) in [4.78, 5) is 87.0. The van der Waals surface area contributed by atoms with E-state index in [4.69, 9.17) is 18.9 Å². The fourth-order valence-corrected chi connectivity index (χ4v) is 7.62. The van der Waals surface area contributed by atoms with Crippen molar-refractivity contribution in [3.05, 3.63) is 108 Å². The van der Waals surface area contributed by atoms with Crippen LogP contribution in [-0.4, -0.2) is 111 Å². The second kappa shape index (κ2) is 26.8. The van der Waals surface area contributed by atoms with Crippen LogP contribution in [0.3, 0.4) is 0 Å². The number of amides is 5. The Morgan fingerprint density at radius 1 is 0.522 bits per heavy atom. The van der Waals surface area contributed by atoms with E-state index < -0.39 is 65.7 Å². The van der Waals surface area contributed by atoms with Crippen LogP contribution in [0.1, 0.15) is 109 Å². The van der Waals surface area contributed by atoms with Gasteiger partial charge in [-0.05, 0) is 83.9 Å². The van der Waals surface area contributed by atoms with Crippen molar-refractivity contribution in [3.8, 4) is 0 Å². The van der Waals surface area contributed by atoms with E-state index in [1.807, 2.05) is 91.0 Å². The Kier molecular flexibility index (Phi) is 24.0. The predicted molar refractivity (Wildman–Crippen MR) is 278 cm³/mol. The molecular weight excluding hydrogens is 967 g/mol. The normalized spacial score (nSPS) is 23.8. The van der Waals surface area contributed by atoms with Gasteiger partial charge in [-0.3, -0.25) is 24.2 Å². The maximum absolute atomic E-state index is 12.6. The van der Waals surface area contributed by atoms with Gasteiger partial charge in [-0.1, -0.05) is 98.4 Å². The lowest BCUT2D eigenvalue weighted by atomic mass is 9.94. The lowest BCUT2D eigenvalue weighted by Gasteiger charge is -2.37. The molecule has 17 nitrogen and oxygen atoms in total. The van der Waals surface area contributed by atoms with E-state index in [1.54, 1.807) is 41.5 Å². The summed E-state index contributed by atoms with van der Waals surface area (Å²) < 4.78 is 21.6. The largest absolute Gasteiger partial charge is 0.448 e. The van der Waals surface area contributed by atoms with Crippen LogP contribution in [0.15, 0.2) is 91.0 Å². The van der Waals surface area contributed by atoms with Crippen molar-refractivity contribution in [2.45, 2.75) is 134 Å². The molecule has 4 N–H and O–H groups in total. The van der Waals surface area contributed by atoms with Crippen molar-refractivity contribution in [2.24, 2.45) is 0 Å². The second-order valence-electron chi connectivity index (χ2n) is 18.0. The first kappa shape index (κ1) is 61.9. The molecule has 5 heterocycles. The van der Waals surface area contributed by atoms with Gasteiger partial charge in [-0.25, -0.2) is 19.2 Å². The van der Waals surface area contributed by atoms with Gasteiger partial charge in [0, 0.05) is 13.1 Å². The zero-order valence-corrected chi connectivity index (χ0v) is 42.9. The molecule has 21 heteroatoms. The van der Waals surface area contributed by atoms with Gasteiger partial charge < -0.3 is 40.0 Å². The molecule has 0 bridgehead atoms. The maximum Gasteiger partial charge on any atom is 0.411 e. The number of nitrogens with one attached hydrogen (secondary N) is 3. The van der Waals surface area contributed by atoms with Crippen LogP contribution in [0.2, 0.25) is 0 Å². The molecule has 382 valence electrons. The molecule has 5 saturated heterocycles. The van der Waals surface area contributed by atoms with Crippen LogP contribution in [0.5, 0.6) is 0 Å². The smallest absolute Gasteiger partial charge is 0.411 e. The Labute approximate surface area is 432 Å². The highest BCUT2D eigenvalue weighted by atomic mass is 32.1. The summed E-state index contributed by atoms with van der Waals surface area (Å²) in [5.41, 5.74) is 1.42. The van der Waals surface area contributed by atoms with Gasteiger partial charge in [0.15, 0.2) is 6.10 Å². The molecule has 3 aromatic carbocycles. The van der Waals surface area contributed by atoms with Crippen molar-refractivity contribution >= 4 is 95.8 Å². The number of carbonyl (C=O) groups is 7. The van der Waals surface area contributed by atoms with Crippen LogP contribution >= 0.6 is 54.0 Å². The van der Waals surface area contributed by atoms with Crippen molar-refractivity contribution in [3.63, 3.8) is 0 Å². The third-order valence-corrected chi connectivity index (χ3v) is 10.9. The van der Waals surface area contributed by atoms with E-state index in [0.29, 0.717) is 38.8 Å². The molecule has 8 rings (SSSR count). The van der Waals surface area contributed by atoms with E-state index in [-0.39, 0.29) is 97.3 Å². The monoisotopic (exact) mass is 1040 g/mol. The summed E-state index contributed by atoms with van der Waals surface area (Å²) in [6.07, 6.45) is -1.28. The first-order chi connectivity index (χ1) is 30.3. The van der Waals surface area contributed by atoms with Crippen LogP contribution < -0.4 is 16.0 Å². The highest BCUT2D eigenvalue weighted by Gasteiger charge is 2.48. The fraction of sp³-hybridized carbons (Fsp3) is 0.479. The Bertz CT molecular complexity index is 2060. The highest BCUT2D eigenvalue weighted by molar-refractivity contribution is 7.59. The van der Waals surface area contributed by atoms with E-state index >= 15 is 0 Å². The van der Waals surface area contributed by atoms with Crippen LogP contribution in [0.4, 0.5) is 9.59 Å². The number of hydrogen-bond acceptors (Lipinski definition) is 12. The molecule has 5 amide bonds. The highest BCUT2D eigenvalue weighted by Crippen LogP contribution is 2.31. The maximum atomic E-state index is 12.6. The Morgan fingerprint density at radius 2 is 0.826 bits per heavy atom. The number of likely N-dealkylation sites (tertiary alicyclic amines) is 2. The van der Waals surface area contributed by atoms with E-state index in [9.17, 15) is 38.7 Å². The standard InChI is InChI=1S/2C19H24N2O5.C9H9NO2.CH4.4H2S/c2*1-19(2,3)26-18(24)21-11-7-10-13(21)17(23)25-15-14(20-16(15)22)12-8-5-4-6-9-12;11-8-7(10-9(8)12)6-4-2-1-3-5-6;;;;;/h2*4-6,8-9,13-15H,7,10-11H2,1-3H3,(H,20,22);1-5,7-8,11H,(H,10,12);1H4;4*1H2/t13-,14-,15+;13-,14-,15-;7-,8+;;;;;/m000...../s1. The molecule has 0 radical (unpaired) electrons. The van der Waals surface area contributed by atoms with E-state index in [2.05, 4.69) is 16.0 Å². The summed E-state index contributed by atoms with van der Waals surface area (Å²) in [6, 6.07) is 25.7. The first-order valence-electron chi connectivity index (χ1n) is 21.5. The number of aliphatic hydroxyl groups excluding tert-OH is 1. The number of carbonyl (C=O) groups excluding carboxylic acids is 7. The van der Waals surface area contributed by atoms with Crippen molar-refractivity contribution in [2.75, 3.05) is 13.1 Å². The summed E-state index contributed by atoms with van der Waals surface area (Å²) >= 11 is 0. The van der Waals surface area contributed by atoms with Crippen molar-refractivity contribution < 1.29 is 57.6 Å². The molecule has 3 aromatic rings. The van der Waals surface area contributed by atoms with Crippen LogP contribution in [-0.2, 0) is 42.9 Å². The Balaban J connectivity index is 0.000000528. The van der Waals surface area contributed by atoms with Gasteiger partial charge >= 0.3 is 24.1 Å². The third kappa shape index (κ3) is 16.0. The average molecular weight is 1040 g/mol. The summed E-state index contributed by atoms with van der Waals surface area (Å²) in [5, 5.41) is 17.3. The minimum absolute atomic E-state index is 0. The fourth-order valence-electron chi connectivity index (χ4n) is 7.62. The molecule has 0 unspecified atom stereocenters. The van der Waals surface area contributed by atoms with Gasteiger partial charge in [-0.15, -0.1) is 0 Å². The molecule has 0 spiro atoms. The molecule has 8 atom stereocenters. The van der Waals surface area contributed by atoms with Gasteiger partial charge in [-0.2, -0.15) is 54.0 Å².